The Morgan fingerprint density at radius 3 is 1.73 bits per heavy atom. The van der Waals surface area contributed by atoms with Gasteiger partial charge in [0.1, 0.15) is 6.61 Å². The second-order valence-electron chi connectivity index (χ2n) is 11.7. The van der Waals surface area contributed by atoms with Gasteiger partial charge in [-0.1, -0.05) is 122 Å². The lowest BCUT2D eigenvalue weighted by atomic mass is 10.1. The number of carbonyl (C=O) groups excluding carboxylic acids is 2. The van der Waals surface area contributed by atoms with Gasteiger partial charge in [0.2, 0.25) is 0 Å². The van der Waals surface area contributed by atoms with Crippen LogP contribution < -0.4 is 5.73 Å². The lowest BCUT2D eigenvalue weighted by Crippen LogP contribution is -2.29. The first kappa shape index (κ1) is 43.5. The third-order valence-electron chi connectivity index (χ3n) is 7.34. The largest absolute Gasteiger partial charge is 0.472 e. The van der Waals surface area contributed by atoms with Gasteiger partial charge in [0.25, 0.3) is 0 Å². The van der Waals surface area contributed by atoms with E-state index in [1.807, 2.05) is 0 Å². The number of hydrogen-bond donors (Lipinski definition) is 2. The van der Waals surface area contributed by atoms with Gasteiger partial charge in [0, 0.05) is 19.4 Å². The molecule has 1 unspecified atom stereocenters. The highest BCUT2D eigenvalue weighted by molar-refractivity contribution is 7.47. The molecule has 45 heavy (non-hydrogen) atoms. The second kappa shape index (κ2) is 32.4. The van der Waals surface area contributed by atoms with E-state index in [9.17, 15) is 19.0 Å². The summed E-state index contributed by atoms with van der Waals surface area (Å²) < 4.78 is 32.5. The van der Waals surface area contributed by atoms with Crippen LogP contribution in [-0.2, 0) is 32.7 Å². The van der Waals surface area contributed by atoms with Crippen LogP contribution in [0.3, 0.4) is 0 Å². The molecular weight excluding hydrogens is 593 g/mol. The van der Waals surface area contributed by atoms with Gasteiger partial charge in [0.05, 0.1) is 13.2 Å². The molecule has 0 aromatic heterocycles. The zero-order chi connectivity index (χ0) is 33.3. The van der Waals surface area contributed by atoms with E-state index in [4.69, 9.17) is 24.3 Å². The van der Waals surface area contributed by atoms with Gasteiger partial charge >= 0.3 is 19.8 Å². The lowest BCUT2D eigenvalue weighted by Gasteiger charge is -2.19. The molecule has 0 radical (unpaired) electrons. The molecule has 0 spiro atoms. The van der Waals surface area contributed by atoms with E-state index >= 15 is 0 Å². The van der Waals surface area contributed by atoms with Crippen LogP contribution >= 0.6 is 7.82 Å². The Morgan fingerprint density at radius 1 is 0.667 bits per heavy atom. The first-order valence-electron chi connectivity index (χ1n) is 17.8. The van der Waals surface area contributed by atoms with Gasteiger partial charge < -0.3 is 20.1 Å². The summed E-state index contributed by atoms with van der Waals surface area (Å²) in [5.74, 6) is -0.870. The van der Waals surface area contributed by atoms with Crippen molar-refractivity contribution < 1.29 is 37.6 Å². The number of rotatable bonds is 33. The molecule has 3 N–H and O–H groups in total. The van der Waals surface area contributed by atoms with Crippen LogP contribution in [-0.4, -0.2) is 49.3 Å². The van der Waals surface area contributed by atoms with Crippen LogP contribution in [0.15, 0.2) is 24.3 Å². The van der Waals surface area contributed by atoms with E-state index in [2.05, 4.69) is 38.2 Å². The van der Waals surface area contributed by atoms with Crippen molar-refractivity contribution in [2.75, 3.05) is 26.4 Å². The van der Waals surface area contributed by atoms with Crippen LogP contribution in [0, 0.1) is 0 Å². The molecule has 10 heteroatoms. The summed E-state index contributed by atoms with van der Waals surface area (Å²) in [6.45, 7) is 3.64. The van der Waals surface area contributed by atoms with Crippen LogP contribution in [0.4, 0.5) is 0 Å². The summed E-state index contributed by atoms with van der Waals surface area (Å²) >= 11 is 0. The maximum atomic E-state index is 12.4. The van der Waals surface area contributed by atoms with Crippen molar-refractivity contribution in [3.05, 3.63) is 24.3 Å². The van der Waals surface area contributed by atoms with Crippen molar-refractivity contribution in [3.63, 3.8) is 0 Å². The van der Waals surface area contributed by atoms with Crippen molar-refractivity contribution in [2.45, 2.75) is 161 Å². The minimum Gasteiger partial charge on any atom is -0.462 e. The van der Waals surface area contributed by atoms with Crippen molar-refractivity contribution in [2.24, 2.45) is 5.73 Å². The number of ether oxygens (including phenoxy) is 2. The number of esters is 2. The van der Waals surface area contributed by atoms with Crippen molar-refractivity contribution >= 4 is 19.8 Å². The summed E-state index contributed by atoms with van der Waals surface area (Å²) in [7, 11) is -4.37. The summed E-state index contributed by atoms with van der Waals surface area (Å²) in [6, 6.07) is 0. The van der Waals surface area contributed by atoms with E-state index in [1.54, 1.807) is 0 Å². The Bertz CT molecular complexity index is 805. The predicted molar refractivity (Wildman–Crippen MR) is 183 cm³/mol. The maximum Gasteiger partial charge on any atom is 0.472 e. The van der Waals surface area contributed by atoms with Crippen molar-refractivity contribution in [1.82, 2.24) is 0 Å². The molecule has 0 saturated heterocycles. The van der Waals surface area contributed by atoms with Gasteiger partial charge in [-0.25, -0.2) is 4.57 Å². The van der Waals surface area contributed by atoms with E-state index in [-0.39, 0.29) is 32.6 Å². The number of phosphoric acid groups is 1. The van der Waals surface area contributed by atoms with Gasteiger partial charge in [-0.2, -0.15) is 0 Å². The summed E-state index contributed by atoms with van der Waals surface area (Å²) in [4.78, 5) is 34.5. The minimum absolute atomic E-state index is 0.0504. The maximum absolute atomic E-state index is 12.4. The molecule has 0 bridgehead atoms. The van der Waals surface area contributed by atoms with E-state index < -0.39 is 32.5 Å². The lowest BCUT2D eigenvalue weighted by molar-refractivity contribution is -0.161. The predicted octanol–water partition coefficient (Wildman–Crippen LogP) is 9.27. The monoisotopic (exact) mass is 659 g/mol. The quantitative estimate of drug-likeness (QED) is 0.0306. The van der Waals surface area contributed by atoms with Gasteiger partial charge in [-0.15, -0.1) is 0 Å². The number of hydrogen-bond acceptors (Lipinski definition) is 8. The minimum atomic E-state index is -4.37. The number of phosphoric ester groups is 1. The summed E-state index contributed by atoms with van der Waals surface area (Å²) in [5, 5.41) is 0. The van der Waals surface area contributed by atoms with E-state index in [0.29, 0.717) is 12.8 Å². The molecule has 0 aliphatic heterocycles. The molecule has 0 aromatic carbocycles. The Labute approximate surface area is 274 Å². The highest BCUT2D eigenvalue weighted by Crippen LogP contribution is 2.43. The third-order valence-corrected chi connectivity index (χ3v) is 8.32. The zero-order valence-corrected chi connectivity index (χ0v) is 29.5. The molecule has 2 atom stereocenters. The summed E-state index contributed by atoms with van der Waals surface area (Å²) in [6.07, 6.45) is 30.8. The Morgan fingerprint density at radius 2 is 1.16 bits per heavy atom. The van der Waals surface area contributed by atoms with Gasteiger partial charge in [-0.3, -0.25) is 18.6 Å². The molecule has 0 aromatic rings. The van der Waals surface area contributed by atoms with Crippen LogP contribution in [0.5, 0.6) is 0 Å². The fourth-order valence-corrected chi connectivity index (χ4v) is 5.43. The summed E-state index contributed by atoms with van der Waals surface area (Å²) in [5.41, 5.74) is 5.31. The fourth-order valence-electron chi connectivity index (χ4n) is 4.66. The standard InChI is InChI=1S/C35H66NO8P/c1-3-5-7-9-11-13-14-15-16-17-18-20-21-23-25-27-34(37)41-31-33(32-43-45(39,40)42-30-29-36)44-35(38)28-26-24-22-19-12-10-8-6-4-2/h15-16,18,20,33H,3-14,17,19,21-32,36H2,1-2H3,(H,39,40)/b16-15+,20-18+/t33-/m0/s1. The first-order chi connectivity index (χ1) is 21.8. The Hall–Kier alpha value is -1.51. The van der Waals surface area contributed by atoms with Crippen molar-refractivity contribution in [3.8, 4) is 0 Å². The molecule has 0 amide bonds. The number of allylic oxidation sites excluding steroid dienone is 4. The number of unbranched alkanes of at least 4 members (excludes halogenated alkanes) is 16. The average molecular weight is 660 g/mol. The molecular formula is C35H66NO8P. The number of carbonyl (C=O) groups is 2. The molecule has 0 fully saturated rings. The second-order valence-corrected chi connectivity index (χ2v) is 13.2. The van der Waals surface area contributed by atoms with Crippen LogP contribution in [0.25, 0.3) is 0 Å². The van der Waals surface area contributed by atoms with E-state index in [1.165, 1.54) is 70.6 Å². The smallest absolute Gasteiger partial charge is 0.462 e. The molecule has 0 rings (SSSR count). The van der Waals surface area contributed by atoms with Crippen molar-refractivity contribution in [1.29, 1.82) is 0 Å². The van der Waals surface area contributed by atoms with Gasteiger partial charge in [-0.05, 0) is 44.9 Å². The molecule has 0 aliphatic carbocycles. The molecule has 0 saturated carbocycles. The fraction of sp³-hybridized carbons (Fsp3) is 0.829. The molecule has 264 valence electrons. The molecule has 0 heterocycles. The molecule has 9 nitrogen and oxygen atoms in total. The SMILES string of the molecule is CCCCCCCC/C=C/C/C=C/CCCCC(=O)OC[C@@H](COP(=O)(O)OCCN)OC(=O)CCCCCCCCCCC. The Kier molecular flexibility index (Phi) is 31.3. The average Bonchev–Trinajstić information content (AvgIpc) is 3.02. The van der Waals surface area contributed by atoms with Crippen LogP contribution in [0.2, 0.25) is 0 Å². The highest BCUT2D eigenvalue weighted by atomic mass is 31.2. The molecule has 0 aliphatic rings. The van der Waals surface area contributed by atoms with Gasteiger partial charge in [0.15, 0.2) is 6.10 Å². The third kappa shape index (κ3) is 32.2. The highest BCUT2D eigenvalue weighted by Gasteiger charge is 2.25. The topological polar surface area (TPSA) is 134 Å². The van der Waals surface area contributed by atoms with Crippen LogP contribution in [0.1, 0.15) is 155 Å². The number of nitrogens with two attached hydrogens (primary N) is 1. The zero-order valence-electron chi connectivity index (χ0n) is 28.6. The van der Waals surface area contributed by atoms with E-state index in [0.717, 1.165) is 44.9 Å². The Balaban J connectivity index is 4.29. The normalized spacial score (nSPS) is 13.8. The first-order valence-corrected chi connectivity index (χ1v) is 19.3.